The Morgan fingerprint density at radius 1 is 1.35 bits per heavy atom. The zero-order chi connectivity index (χ0) is 16.3. The van der Waals surface area contributed by atoms with Crippen molar-refractivity contribution in [1.82, 2.24) is 9.21 Å². The number of nitrogens with zero attached hydrogens (tertiary/aromatic N) is 2. The number of sulfonamides is 1. The lowest BCUT2D eigenvalue weighted by atomic mass is 9.96. The van der Waals surface area contributed by atoms with Gasteiger partial charge < -0.3 is 5.73 Å². The Kier molecular flexibility index (Phi) is 7.48. The van der Waals surface area contributed by atoms with Gasteiger partial charge in [0.2, 0.25) is 10.0 Å². The quantitative estimate of drug-likeness (QED) is 0.871. The largest absolute Gasteiger partial charge is 0.327 e. The fraction of sp³-hybridized carbons (Fsp3) is 0.625. The summed E-state index contributed by atoms with van der Waals surface area (Å²) < 4.78 is 25.7. The summed E-state index contributed by atoms with van der Waals surface area (Å²) in [6, 6.07) is 7.75. The highest BCUT2D eigenvalue weighted by molar-refractivity contribution is 7.89. The van der Waals surface area contributed by atoms with Crippen molar-refractivity contribution < 1.29 is 8.42 Å². The van der Waals surface area contributed by atoms with E-state index in [4.69, 9.17) is 5.73 Å². The number of rotatable bonds is 5. The number of nitrogens with two attached hydrogens (primary N) is 1. The molecule has 2 rings (SSSR count). The maximum absolute atomic E-state index is 12.2. The Morgan fingerprint density at radius 2 is 2.04 bits per heavy atom. The van der Waals surface area contributed by atoms with Crippen LogP contribution in [0.15, 0.2) is 29.2 Å². The number of hydrogen-bond acceptors (Lipinski definition) is 4. The summed E-state index contributed by atoms with van der Waals surface area (Å²) in [5.74, 6) is 0. The lowest BCUT2D eigenvalue weighted by Gasteiger charge is -2.38. The molecule has 0 spiro atoms. The Morgan fingerprint density at radius 3 is 2.65 bits per heavy atom. The molecule has 0 bridgehead atoms. The van der Waals surface area contributed by atoms with Gasteiger partial charge in [-0.05, 0) is 44.0 Å². The molecule has 1 saturated heterocycles. The third-order valence-electron chi connectivity index (χ3n) is 4.33. The van der Waals surface area contributed by atoms with Gasteiger partial charge in [0.1, 0.15) is 0 Å². The smallest absolute Gasteiger partial charge is 0.242 e. The van der Waals surface area contributed by atoms with Crippen molar-refractivity contribution in [3.05, 3.63) is 29.8 Å². The lowest BCUT2D eigenvalue weighted by Crippen LogP contribution is -2.48. The third-order valence-corrected chi connectivity index (χ3v) is 6.14. The van der Waals surface area contributed by atoms with Crippen molar-refractivity contribution in [2.75, 3.05) is 20.6 Å². The van der Waals surface area contributed by atoms with Gasteiger partial charge in [0, 0.05) is 32.7 Å². The minimum absolute atomic E-state index is 0. The molecule has 0 aliphatic carbocycles. The van der Waals surface area contributed by atoms with Gasteiger partial charge >= 0.3 is 0 Å². The molecule has 1 aromatic rings. The second kappa shape index (κ2) is 8.44. The van der Waals surface area contributed by atoms with E-state index < -0.39 is 10.0 Å². The van der Waals surface area contributed by atoms with Gasteiger partial charge in [0.05, 0.1) is 4.90 Å². The van der Waals surface area contributed by atoms with Gasteiger partial charge in [-0.3, -0.25) is 4.90 Å². The molecule has 0 amide bonds. The first-order valence-corrected chi connectivity index (χ1v) is 9.27. The molecule has 0 saturated carbocycles. The number of likely N-dealkylation sites (tertiary alicyclic amines) is 1. The van der Waals surface area contributed by atoms with Crippen LogP contribution >= 0.6 is 12.4 Å². The molecule has 132 valence electrons. The second-order valence-electron chi connectivity index (χ2n) is 6.33. The van der Waals surface area contributed by atoms with Crippen molar-refractivity contribution in [2.24, 2.45) is 5.73 Å². The Balaban J connectivity index is 0.00000264. The summed E-state index contributed by atoms with van der Waals surface area (Å²) in [5, 5.41) is 0. The second-order valence-corrected chi connectivity index (χ2v) is 8.48. The summed E-state index contributed by atoms with van der Waals surface area (Å²) in [4.78, 5) is 2.74. The van der Waals surface area contributed by atoms with Crippen LogP contribution in [-0.4, -0.2) is 50.3 Å². The zero-order valence-corrected chi connectivity index (χ0v) is 15.7. The van der Waals surface area contributed by atoms with Crippen LogP contribution in [0.2, 0.25) is 0 Å². The van der Waals surface area contributed by atoms with Crippen LogP contribution in [0.4, 0.5) is 0 Å². The van der Waals surface area contributed by atoms with E-state index in [1.807, 2.05) is 12.1 Å². The van der Waals surface area contributed by atoms with E-state index in [-0.39, 0.29) is 18.4 Å². The zero-order valence-electron chi connectivity index (χ0n) is 14.1. The van der Waals surface area contributed by atoms with Crippen LogP contribution in [0.1, 0.15) is 31.7 Å². The molecular formula is C16H28ClN3O2S. The van der Waals surface area contributed by atoms with Gasteiger partial charge in [-0.15, -0.1) is 12.4 Å². The lowest BCUT2D eigenvalue weighted by molar-refractivity contribution is 0.123. The van der Waals surface area contributed by atoms with E-state index in [9.17, 15) is 8.42 Å². The van der Waals surface area contributed by atoms with E-state index in [0.717, 1.165) is 25.1 Å². The molecule has 0 aromatic heterocycles. The van der Waals surface area contributed by atoms with Crippen LogP contribution in [-0.2, 0) is 16.6 Å². The molecule has 1 aliphatic rings. The Bertz CT molecular complexity index is 605. The van der Waals surface area contributed by atoms with Crippen molar-refractivity contribution in [2.45, 2.75) is 49.7 Å². The average molecular weight is 362 g/mol. The minimum atomic E-state index is -3.38. The fourth-order valence-electron chi connectivity index (χ4n) is 3.06. The molecule has 0 radical (unpaired) electrons. The highest BCUT2D eigenvalue weighted by Crippen LogP contribution is 2.23. The topological polar surface area (TPSA) is 66.6 Å². The van der Waals surface area contributed by atoms with Crippen LogP contribution < -0.4 is 5.73 Å². The molecule has 2 unspecified atom stereocenters. The SMILES string of the molecule is CC(N)C1CCCCN1Cc1cccc(S(=O)(=O)N(C)C)c1.Cl. The molecule has 1 heterocycles. The molecule has 23 heavy (non-hydrogen) atoms. The monoisotopic (exact) mass is 361 g/mol. The number of piperidine rings is 1. The van der Waals surface area contributed by atoms with Crippen LogP contribution in [0, 0.1) is 0 Å². The van der Waals surface area contributed by atoms with E-state index in [0.29, 0.717) is 10.9 Å². The molecule has 7 heteroatoms. The van der Waals surface area contributed by atoms with E-state index in [1.54, 1.807) is 26.2 Å². The highest BCUT2D eigenvalue weighted by Gasteiger charge is 2.25. The van der Waals surface area contributed by atoms with E-state index in [1.165, 1.54) is 17.1 Å². The van der Waals surface area contributed by atoms with Crippen LogP contribution in [0.5, 0.6) is 0 Å². The van der Waals surface area contributed by atoms with Crippen molar-refractivity contribution >= 4 is 22.4 Å². The van der Waals surface area contributed by atoms with Gasteiger partial charge in [-0.2, -0.15) is 0 Å². The Hall–Kier alpha value is -0.660. The maximum atomic E-state index is 12.2. The minimum Gasteiger partial charge on any atom is -0.327 e. The maximum Gasteiger partial charge on any atom is 0.242 e. The van der Waals surface area contributed by atoms with Crippen molar-refractivity contribution in [3.8, 4) is 0 Å². The van der Waals surface area contributed by atoms with E-state index in [2.05, 4.69) is 11.8 Å². The predicted octanol–water partition coefficient (Wildman–Crippen LogP) is 2.06. The molecule has 1 fully saturated rings. The highest BCUT2D eigenvalue weighted by atomic mass is 35.5. The first kappa shape index (κ1) is 20.4. The summed E-state index contributed by atoms with van der Waals surface area (Å²) >= 11 is 0. The van der Waals surface area contributed by atoms with Gasteiger partial charge in [0.25, 0.3) is 0 Å². The van der Waals surface area contributed by atoms with Crippen LogP contribution in [0.3, 0.4) is 0 Å². The van der Waals surface area contributed by atoms with E-state index >= 15 is 0 Å². The summed E-state index contributed by atoms with van der Waals surface area (Å²) in [7, 11) is -0.271. The standard InChI is InChI=1S/C16H27N3O2S.ClH/c1-13(17)16-9-4-5-10-19(16)12-14-7-6-8-15(11-14)22(20,21)18(2)3;/h6-8,11,13,16H,4-5,9-10,12,17H2,1-3H3;1H. The molecule has 2 N–H and O–H groups in total. The normalized spacial score (nSPS) is 21.0. The molecule has 2 atom stereocenters. The molecule has 1 aliphatic heterocycles. The summed E-state index contributed by atoms with van der Waals surface area (Å²) in [6.45, 7) is 3.83. The van der Waals surface area contributed by atoms with Crippen molar-refractivity contribution in [1.29, 1.82) is 0 Å². The molecule has 5 nitrogen and oxygen atoms in total. The van der Waals surface area contributed by atoms with Gasteiger partial charge in [-0.1, -0.05) is 18.6 Å². The van der Waals surface area contributed by atoms with Crippen molar-refractivity contribution in [3.63, 3.8) is 0 Å². The fourth-order valence-corrected chi connectivity index (χ4v) is 4.03. The van der Waals surface area contributed by atoms with Gasteiger partial charge in [0.15, 0.2) is 0 Å². The van der Waals surface area contributed by atoms with Gasteiger partial charge in [-0.25, -0.2) is 12.7 Å². The Labute approximate surface area is 146 Å². The average Bonchev–Trinajstić information content (AvgIpc) is 2.47. The first-order chi connectivity index (χ1) is 10.3. The first-order valence-electron chi connectivity index (χ1n) is 7.83. The third kappa shape index (κ3) is 4.90. The molecule has 1 aromatic carbocycles. The predicted molar refractivity (Wildman–Crippen MR) is 96.3 cm³/mol. The number of benzene rings is 1. The van der Waals surface area contributed by atoms with Crippen LogP contribution in [0.25, 0.3) is 0 Å². The summed E-state index contributed by atoms with van der Waals surface area (Å²) in [6.07, 6.45) is 3.52. The molecular weight excluding hydrogens is 334 g/mol. The summed E-state index contributed by atoms with van der Waals surface area (Å²) in [5.41, 5.74) is 7.13. The number of halogens is 1. The number of hydrogen-bond donors (Lipinski definition) is 1.